The van der Waals surface area contributed by atoms with Gasteiger partial charge in [0.15, 0.2) is 11.6 Å². The molecule has 1 aromatic heterocycles. The molecule has 0 spiro atoms. The number of halogens is 2. The smallest absolute Gasteiger partial charge is 0.240 e. The van der Waals surface area contributed by atoms with Crippen molar-refractivity contribution >= 4 is 16.9 Å². The van der Waals surface area contributed by atoms with Crippen LogP contribution in [0, 0.1) is 18.6 Å². The van der Waals surface area contributed by atoms with E-state index in [0.29, 0.717) is 29.9 Å². The van der Waals surface area contributed by atoms with Gasteiger partial charge in [0.2, 0.25) is 5.91 Å². The van der Waals surface area contributed by atoms with E-state index < -0.39 is 11.6 Å². The molecule has 0 unspecified atom stereocenters. The first kappa shape index (κ1) is 19.0. The lowest BCUT2D eigenvalue weighted by molar-refractivity contribution is -0.121. The van der Waals surface area contributed by atoms with E-state index in [1.165, 1.54) is 5.56 Å². The van der Waals surface area contributed by atoms with Gasteiger partial charge >= 0.3 is 0 Å². The van der Waals surface area contributed by atoms with Crippen LogP contribution in [0.25, 0.3) is 11.0 Å². The zero-order valence-electron chi connectivity index (χ0n) is 15.4. The lowest BCUT2D eigenvalue weighted by Crippen LogP contribution is -2.34. The van der Waals surface area contributed by atoms with Gasteiger partial charge in [-0.15, -0.1) is 0 Å². The Bertz CT molecular complexity index is 940. The maximum absolute atomic E-state index is 13.5. The molecule has 3 rings (SSSR count). The number of aromatic nitrogens is 2. The minimum Gasteiger partial charge on any atom is -0.353 e. The van der Waals surface area contributed by atoms with Crippen LogP contribution in [0.3, 0.4) is 0 Å². The van der Waals surface area contributed by atoms with E-state index in [-0.39, 0.29) is 12.5 Å². The summed E-state index contributed by atoms with van der Waals surface area (Å²) in [5.74, 6) is -1.56. The van der Waals surface area contributed by atoms with E-state index in [0.717, 1.165) is 18.7 Å². The van der Waals surface area contributed by atoms with Gasteiger partial charge in [-0.2, -0.15) is 0 Å². The van der Waals surface area contributed by atoms with Crippen LogP contribution in [-0.2, 0) is 17.9 Å². The number of hydrogen-bond acceptors (Lipinski definition) is 3. The SMILES string of the molecule is Cc1nc2cc(F)c(F)cc2n1CC(=O)NCCN(C)Cc1ccccc1. The Morgan fingerprint density at radius 3 is 2.63 bits per heavy atom. The van der Waals surface area contributed by atoms with Crippen LogP contribution in [0.4, 0.5) is 8.78 Å². The van der Waals surface area contributed by atoms with Crippen molar-refractivity contribution in [3.05, 3.63) is 65.5 Å². The number of nitrogens with zero attached hydrogens (tertiary/aromatic N) is 3. The number of benzene rings is 2. The second-order valence-corrected chi connectivity index (χ2v) is 6.57. The zero-order valence-corrected chi connectivity index (χ0v) is 15.4. The van der Waals surface area contributed by atoms with E-state index in [9.17, 15) is 13.6 Å². The van der Waals surface area contributed by atoms with E-state index in [2.05, 4.69) is 27.3 Å². The van der Waals surface area contributed by atoms with E-state index in [4.69, 9.17) is 0 Å². The van der Waals surface area contributed by atoms with Crippen LogP contribution in [0.5, 0.6) is 0 Å². The van der Waals surface area contributed by atoms with Gasteiger partial charge in [0.1, 0.15) is 12.4 Å². The summed E-state index contributed by atoms with van der Waals surface area (Å²) < 4.78 is 28.5. The van der Waals surface area contributed by atoms with E-state index in [1.807, 2.05) is 25.2 Å². The van der Waals surface area contributed by atoms with Gasteiger partial charge in [-0.3, -0.25) is 4.79 Å². The predicted molar refractivity (Wildman–Crippen MR) is 100 cm³/mol. The molecule has 0 fully saturated rings. The van der Waals surface area contributed by atoms with Crippen molar-refractivity contribution in [2.24, 2.45) is 0 Å². The number of rotatable bonds is 7. The fourth-order valence-electron chi connectivity index (χ4n) is 3.00. The molecule has 1 heterocycles. The minimum absolute atomic E-state index is 0.00973. The largest absolute Gasteiger partial charge is 0.353 e. The summed E-state index contributed by atoms with van der Waals surface area (Å²) in [5, 5.41) is 2.86. The highest BCUT2D eigenvalue weighted by Crippen LogP contribution is 2.19. The Morgan fingerprint density at radius 2 is 1.89 bits per heavy atom. The molecule has 0 aliphatic rings. The van der Waals surface area contributed by atoms with Crippen molar-refractivity contribution < 1.29 is 13.6 Å². The molecule has 0 saturated heterocycles. The first-order chi connectivity index (χ1) is 12.9. The van der Waals surface area contributed by atoms with Gasteiger partial charge in [0.05, 0.1) is 11.0 Å². The lowest BCUT2D eigenvalue weighted by atomic mass is 10.2. The van der Waals surface area contributed by atoms with Crippen molar-refractivity contribution in [1.29, 1.82) is 0 Å². The van der Waals surface area contributed by atoms with Crippen LogP contribution in [0.2, 0.25) is 0 Å². The van der Waals surface area contributed by atoms with Crippen molar-refractivity contribution in [1.82, 2.24) is 19.8 Å². The van der Waals surface area contributed by atoms with Gasteiger partial charge in [0.25, 0.3) is 0 Å². The Hall–Kier alpha value is -2.80. The van der Waals surface area contributed by atoms with E-state index >= 15 is 0 Å². The number of amides is 1. The average molecular weight is 372 g/mol. The summed E-state index contributed by atoms with van der Waals surface area (Å²) in [6.07, 6.45) is 0. The molecule has 2 aromatic carbocycles. The van der Waals surface area contributed by atoms with Crippen LogP contribution in [0.15, 0.2) is 42.5 Å². The number of nitrogens with one attached hydrogen (secondary N) is 1. The Kier molecular flexibility index (Phi) is 5.81. The molecule has 1 N–H and O–H groups in total. The maximum Gasteiger partial charge on any atom is 0.240 e. The van der Waals surface area contributed by atoms with Gasteiger partial charge < -0.3 is 14.8 Å². The second kappa shape index (κ2) is 8.26. The van der Waals surface area contributed by atoms with Crippen LogP contribution in [0.1, 0.15) is 11.4 Å². The standard InChI is InChI=1S/C20H22F2N4O/c1-14-24-18-10-16(21)17(22)11-19(18)26(14)13-20(27)23-8-9-25(2)12-15-6-4-3-5-7-15/h3-7,10-11H,8-9,12-13H2,1-2H3,(H,23,27). The van der Waals surface area contributed by atoms with Crippen LogP contribution >= 0.6 is 0 Å². The third-order valence-corrected chi connectivity index (χ3v) is 4.39. The fourth-order valence-corrected chi connectivity index (χ4v) is 3.00. The molecule has 0 bridgehead atoms. The first-order valence-electron chi connectivity index (χ1n) is 8.75. The molecule has 0 atom stereocenters. The van der Waals surface area contributed by atoms with Crippen molar-refractivity contribution in [2.45, 2.75) is 20.0 Å². The Morgan fingerprint density at radius 1 is 1.19 bits per heavy atom. The van der Waals surface area contributed by atoms with Crippen molar-refractivity contribution in [3.8, 4) is 0 Å². The van der Waals surface area contributed by atoms with Crippen LogP contribution < -0.4 is 5.32 Å². The molecule has 0 aliphatic heterocycles. The molecular weight excluding hydrogens is 350 g/mol. The molecule has 3 aromatic rings. The molecule has 0 saturated carbocycles. The number of fused-ring (bicyclic) bond motifs is 1. The number of imidazole rings is 1. The quantitative estimate of drug-likeness (QED) is 0.694. The zero-order chi connectivity index (χ0) is 19.4. The monoisotopic (exact) mass is 372 g/mol. The highest BCUT2D eigenvalue weighted by atomic mass is 19.2. The summed E-state index contributed by atoms with van der Waals surface area (Å²) in [4.78, 5) is 18.6. The number of hydrogen-bond donors (Lipinski definition) is 1. The highest BCUT2D eigenvalue weighted by molar-refractivity contribution is 5.81. The topological polar surface area (TPSA) is 50.2 Å². The third-order valence-electron chi connectivity index (χ3n) is 4.39. The summed E-state index contributed by atoms with van der Waals surface area (Å²) >= 11 is 0. The minimum atomic E-state index is -0.952. The van der Waals surface area contributed by atoms with Gasteiger partial charge in [-0.05, 0) is 19.5 Å². The number of aryl methyl sites for hydroxylation is 1. The number of carbonyl (C=O) groups excluding carboxylic acids is 1. The molecule has 0 aliphatic carbocycles. The van der Waals surface area contributed by atoms with Crippen molar-refractivity contribution in [2.75, 3.05) is 20.1 Å². The fraction of sp³-hybridized carbons (Fsp3) is 0.300. The molecule has 142 valence electrons. The van der Waals surface area contributed by atoms with Gasteiger partial charge in [0, 0.05) is 31.8 Å². The van der Waals surface area contributed by atoms with E-state index in [1.54, 1.807) is 11.5 Å². The summed E-state index contributed by atoms with van der Waals surface area (Å²) in [6.45, 7) is 3.71. The third kappa shape index (κ3) is 4.68. The summed E-state index contributed by atoms with van der Waals surface area (Å²) in [6, 6.07) is 12.2. The summed E-state index contributed by atoms with van der Waals surface area (Å²) in [7, 11) is 1.99. The van der Waals surface area contributed by atoms with Gasteiger partial charge in [-0.1, -0.05) is 30.3 Å². The van der Waals surface area contributed by atoms with Gasteiger partial charge in [-0.25, -0.2) is 13.8 Å². The molecule has 27 heavy (non-hydrogen) atoms. The Labute approximate surface area is 156 Å². The normalized spacial score (nSPS) is 11.3. The molecular formula is C20H22F2N4O. The van der Waals surface area contributed by atoms with Crippen LogP contribution in [-0.4, -0.2) is 40.5 Å². The maximum atomic E-state index is 13.5. The molecule has 5 nitrogen and oxygen atoms in total. The highest BCUT2D eigenvalue weighted by Gasteiger charge is 2.14. The molecule has 7 heteroatoms. The first-order valence-corrected chi connectivity index (χ1v) is 8.75. The number of likely N-dealkylation sites (N-methyl/N-ethyl adjacent to an activating group) is 1. The molecule has 1 amide bonds. The van der Waals surface area contributed by atoms with Crippen molar-refractivity contribution in [3.63, 3.8) is 0 Å². The average Bonchev–Trinajstić information content (AvgIpc) is 2.91. The molecule has 0 radical (unpaired) electrons. The Balaban J connectivity index is 1.54. The second-order valence-electron chi connectivity index (χ2n) is 6.57. The number of carbonyl (C=O) groups is 1. The summed E-state index contributed by atoms with van der Waals surface area (Å²) in [5.41, 5.74) is 1.95. The predicted octanol–water partition coefficient (Wildman–Crippen LogP) is 2.87. The lowest BCUT2D eigenvalue weighted by Gasteiger charge is -2.17.